The third kappa shape index (κ3) is 25.7. The van der Waals surface area contributed by atoms with Gasteiger partial charge in [0.15, 0.2) is 24.4 Å². The number of likely N-dealkylation sites (tertiary alicyclic amines) is 2. The Hall–Kier alpha value is -5.01. The van der Waals surface area contributed by atoms with E-state index in [1.165, 1.54) is 62.8 Å². The topological polar surface area (TPSA) is 342 Å². The number of halogens is 4. The standard InChI is InChI=1S/C14H17N3O3.C14H15N3O3.C14H21NO3.C10H17NO3.C10H14O.C5H3FN2O2.C4H10ClS.C3H7ClS.CH3I.CH4O.CH3.Pd/c2*18-12-13(3-4-13)8-16(9-14(12)5-6-14)10-1-2-11(15-7-10)17(19)20;1-12(2,3)18-11(17)15-8-13(4-5-13)10(16)14(9-15)6-7-14;1-10(2,3)14-9(13)11-6-4-8(12)5-7-11;11-8-9(4-5-9)2-1-3-10(8)6-7-10;6-4-1-2-5(7-3-4)8(9)10;1-6(2)4-3-5;1-5-3-2-4;2*1-2;;/h1-2,7,12,18H,3-6,8-9H2;1-2,7H,3-6,8-9H2;4-9H2,1-3H3;4-7H2,1-3H3;1-7H2;1-3H;3-4H2,1-2H3;2-3H2,1H3;1H3;2H,1H3;1H3;/q;;;;;;+1;;;;-1;. The van der Waals surface area contributed by atoms with Crippen LogP contribution in [0.25, 0.3) is 0 Å². The van der Waals surface area contributed by atoms with Gasteiger partial charge in [-0.25, -0.2) is 14.0 Å². The number of carbonyl (C=O) groups is 6. The van der Waals surface area contributed by atoms with Crippen molar-refractivity contribution in [1.82, 2.24) is 24.8 Å². The van der Waals surface area contributed by atoms with Crippen LogP contribution in [-0.2, 0) is 60.0 Å². The zero-order chi connectivity index (χ0) is 80.1. The van der Waals surface area contributed by atoms with E-state index in [0.717, 1.165) is 158 Å². The number of ketones is 4. The summed E-state index contributed by atoms with van der Waals surface area (Å²) >= 11 is 14.6. The van der Waals surface area contributed by atoms with Gasteiger partial charge >= 0.3 is 29.6 Å². The minimum Gasteiger partial charge on any atom is -0.444 e. The summed E-state index contributed by atoms with van der Waals surface area (Å²) in [5.74, 6) is 4.44. The first-order valence-corrected chi connectivity index (χ1v) is 44.0. The number of pyridine rings is 3. The molecule has 0 radical (unpaired) electrons. The molecular formula is C77H114Cl2FIN10O16PdS2. The molecule has 4 saturated heterocycles. The zero-order valence-corrected chi connectivity index (χ0v) is 72.7. The molecule has 9 saturated carbocycles. The molecule has 4 aliphatic heterocycles. The van der Waals surface area contributed by atoms with Crippen molar-refractivity contribution in [2.75, 3.05) is 116 Å². The minimum absolute atomic E-state index is 0. The van der Waals surface area contributed by atoms with E-state index in [1.807, 2.05) is 52.7 Å². The molecule has 33 heteroatoms. The van der Waals surface area contributed by atoms with Gasteiger partial charge in [-0.15, -0.1) is 23.2 Å². The number of aromatic nitrogens is 3. The summed E-state index contributed by atoms with van der Waals surface area (Å²) in [5, 5.41) is 48.8. The average Bonchev–Trinajstić information content (AvgIpc) is 1.56. The average molecular weight is 1820 g/mol. The predicted octanol–water partition coefficient (Wildman–Crippen LogP) is 14.9. The van der Waals surface area contributed by atoms with E-state index in [0.29, 0.717) is 67.3 Å². The maximum absolute atomic E-state index is 12.5. The molecular weight excluding hydrogens is 1710 g/mol. The maximum atomic E-state index is 12.5. The Labute approximate surface area is 692 Å². The number of anilines is 2. The molecule has 2 N–H and O–H groups in total. The zero-order valence-electron chi connectivity index (χ0n) is 65.8. The molecule has 8 spiro atoms. The molecule has 0 atom stereocenters. The fourth-order valence-corrected chi connectivity index (χ4v) is 16.8. The Bertz CT molecular complexity index is 3520. The van der Waals surface area contributed by atoms with Gasteiger partial charge in [0.25, 0.3) is 0 Å². The van der Waals surface area contributed by atoms with Gasteiger partial charge in [0.05, 0.1) is 35.9 Å². The van der Waals surface area contributed by atoms with Crippen molar-refractivity contribution in [1.29, 1.82) is 0 Å². The van der Waals surface area contributed by atoms with Crippen LogP contribution >= 0.6 is 57.6 Å². The third-order valence-electron chi connectivity index (χ3n) is 22.1. The second-order valence-corrected chi connectivity index (χ2v) is 37.2. The number of carbonyl (C=O) groups excluding carboxylic acids is 6. The molecule has 110 heavy (non-hydrogen) atoms. The Balaban J connectivity index is 0.000000230. The van der Waals surface area contributed by atoms with Crippen LogP contribution < -0.4 is 9.80 Å². The van der Waals surface area contributed by atoms with Gasteiger partial charge in [-0.1, -0.05) is 29.0 Å². The number of aliphatic hydroxyl groups excluding tert-OH is 2. The van der Waals surface area contributed by atoms with E-state index in [4.69, 9.17) is 37.8 Å². The van der Waals surface area contributed by atoms with Crippen molar-refractivity contribution in [2.45, 2.75) is 194 Å². The number of thioether (sulfide) groups is 1. The molecule has 0 bridgehead atoms. The van der Waals surface area contributed by atoms with Gasteiger partial charge in [-0.3, -0.25) is 19.2 Å². The van der Waals surface area contributed by atoms with E-state index in [1.54, 1.807) is 46.1 Å². The first-order chi connectivity index (χ1) is 50.9. The van der Waals surface area contributed by atoms with Crippen LogP contribution in [-0.4, -0.2) is 209 Å². The summed E-state index contributed by atoms with van der Waals surface area (Å²) in [4.78, 5) is 122. The summed E-state index contributed by atoms with van der Waals surface area (Å²) in [6.45, 7) is 16.4. The molecule has 0 unspecified atom stereocenters. The number of nitro groups is 3. The Kier molecular flexibility index (Phi) is 34.8. The molecule has 26 nitrogen and oxygen atoms in total. The molecule has 16 rings (SSSR count). The SMILES string of the molecule is CC(C)(C)OC(=O)N1CC2(CC2)C(=O)C2(CC2)C1.CC(C)(C)OC(=O)N1CCC(=O)CC1.CI.CO.CSCCCl.C[S+](C)CCCl.O=C1C2(CC2)CN(c2ccc([N+](=O)[O-])nc2)CC12CC2.O=C1C2(CCCC13CC3)CC2.O=[N+]([O-])c1ccc(F)cn1.O=[N+]([O-])c1ccc(N2CC3(CC3)C(O)C3(CC3)C2)cn1.[CH3-].[Pd]. The molecule has 3 aromatic rings. The van der Waals surface area contributed by atoms with E-state index in [-0.39, 0.29) is 113 Å². The van der Waals surface area contributed by atoms with Gasteiger partial charge in [0.2, 0.25) is 0 Å². The van der Waals surface area contributed by atoms with Gasteiger partial charge in [0, 0.05) is 166 Å². The van der Waals surface area contributed by atoms with Gasteiger partial charge < -0.3 is 77.1 Å². The number of ether oxygens (including phenoxy) is 2. The molecule has 13 fully saturated rings. The molecule has 2 amide bonds. The summed E-state index contributed by atoms with van der Waals surface area (Å²) in [5.41, 5.74) is 0.853. The third-order valence-corrected chi connectivity index (χ3v) is 24.6. The van der Waals surface area contributed by atoms with Gasteiger partial charge in [-0.2, -0.15) is 11.8 Å². The van der Waals surface area contributed by atoms with Crippen LogP contribution in [0.2, 0.25) is 0 Å². The number of rotatable bonds is 9. The monoisotopic (exact) mass is 1820 g/mol. The summed E-state index contributed by atoms with van der Waals surface area (Å²) < 4.78 is 22.7. The Morgan fingerprint density at radius 3 is 1.16 bits per heavy atom. The van der Waals surface area contributed by atoms with E-state index in [2.05, 4.69) is 59.9 Å². The molecule has 13 aliphatic rings. The number of nitrogens with zero attached hydrogens (tertiary/aromatic N) is 10. The number of piperidine rings is 4. The first kappa shape index (κ1) is 95.6. The number of alkyl halides is 3. The normalized spacial score (nSPS) is 21.6. The second kappa shape index (κ2) is 40.0. The summed E-state index contributed by atoms with van der Waals surface area (Å²) in [6, 6.07) is 8.41. The largest absolute Gasteiger partial charge is 0.444 e. The van der Waals surface area contributed by atoms with E-state index in [9.17, 15) is 68.6 Å². The van der Waals surface area contributed by atoms with Crippen molar-refractivity contribution in [3.8, 4) is 0 Å². The van der Waals surface area contributed by atoms with Crippen LogP contribution in [0.15, 0.2) is 55.0 Å². The van der Waals surface area contributed by atoms with Crippen molar-refractivity contribution in [3.05, 3.63) is 98.6 Å². The number of Topliss-reactive ketones (excluding diaryl/α,β-unsaturated/α-hetero) is 4. The summed E-state index contributed by atoms with van der Waals surface area (Å²) in [6.07, 6.45) is 31.3. The van der Waals surface area contributed by atoms with Crippen molar-refractivity contribution < 1.29 is 88.0 Å². The molecule has 9 aliphatic carbocycles. The quantitative estimate of drug-likeness (QED) is 0.0382. The van der Waals surface area contributed by atoms with E-state index >= 15 is 0 Å². The number of hydrogen-bond donors (Lipinski definition) is 2. The molecule has 618 valence electrons. The van der Waals surface area contributed by atoms with Gasteiger partial charge in [0.1, 0.15) is 40.1 Å². The number of amides is 2. The van der Waals surface area contributed by atoms with Gasteiger partial charge in [-0.05, 0) is 227 Å². The predicted molar refractivity (Wildman–Crippen MR) is 434 cm³/mol. The van der Waals surface area contributed by atoms with Crippen LogP contribution in [0, 0.1) is 86.9 Å². The Morgan fingerprint density at radius 1 is 0.564 bits per heavy atom. The van der Waals surface area contributed by atoms with Crippen molar-refractivity contribution in [3.63, 3.8) is 0 Å². The molecule has 7 heterocycles. The first-order valence-electron chi connectivity index (χ1n) is 37.2. The summed E-state index contributed by atoms with van der Waals surface area (Å²) in [7, 11) is 1.55. The molecule has 0 aromatic carbocycles. The number of hydrogen-bond acceptors (Lipinski definition) is 22. The fraction of sp³-hybridized carbons (Fsp3) is 0.714. The minimum atomic E-state index is -0.681. The van der Waals surface area contributed by atoms with E-state index < -0.39 is 31.8 Å². The number of aliphatic hydroxyl groups is 2. The van der Waals surface area contributed by atoms with Crippen LogP contribution in [0.1, 0.15) is 176 Å². The Morgan fingerprint density at radius 2 is 0.900 bits per heavy atom. The van der Waals surface area contributed by atoms with Crippen LogP contribution in [0.3, 0.4) is 0 Å². The maximum Gasteiger partial charge on any atom is 0.410 e. The van der Waals surface area contributed by atoms with Crippen molar-refractivity contribution >= 4 is 133 Å². The smallest absolute Gasteiger partial charge is 0.410 e. The molecule has 3 aromatic heterocycles. The van der Waals surface area contributed by atoms with Crippen molar-refractivity contribution in [2.24, 2.45) is 43.3 Å². The van der Waals surface area contributed by atoms with Crippen LogP contribution in [0.4, 0.5) is 42.8 Å². The fourth-order valence-electron chi connectivity index (χ4n) is 14.9. The van der Waals surface area contributed by atoms with Crippen LogP contribution in [0.5, 0.6) is 0 Å². The second-order valence-electron chi connectivity index (χ2n) is 33.1.